The summed E-state index contributed by atoms with van der Waals surface area (Å²) in [5.41, 5.74) is -0.157. The molecule has 1 aliphatic carbocycles. The summed E-state index contributed by atoms with van der Waals surface area (Å²) >= 11 is 0. The van der Waals surface area contributed by atoms with E-state index in [1.54, 1.807) is 6.07 Å². The van der Waals surface area contributed by atoms with E-state index >= 15 is 0 Å². The minimum Gasteiger partial charge on any atom is -0.481 e. The number of hydrogen-bond acceptors (Lipinski definition) is 4. The van der Waals surface area contributed by atoms with Crippen LogP contribution in [0.4, 0.5) is 5.69 Å². The molecule has 1 aromatic rings. The van der Waals surface area contributed by atoms with Crippen molar-refractivity contribution in [1.29, 1.82) is 0 Å². The van der Waals surface area contributed by atoms with Crippen molar-refractivity contribution in [2.24, 2.45) is 11.8 Å². The Morgan fingerprint density at radius 3 is 2.65 bits per heavy atom. The average Bonchev–Trinajstić information content (AvgIpc) is 2.87. The van der Waals surface area contributed by atoms with E-state index in [1.807, 2.05) is 0 Å². The van der Waals surface area contributed by atoms with Crippen molar-refractivity contribution >= 4 is 17.4 Å². The first kappa shape index (κ1) is 14.2. The standard InChI is InChI=1S/C14H15NO5/c16-13(8-9-4-3-6-10(9)14(17)18)11-5-1-2-7-12(11)15(19)20/h1-2,5,7,9-10H,3-4,6,8H2,(H,17,18). The number of ketones is 1. The van der Waals surface area contributed by atoms with Crippen molar-refractivity contribution in [2.45, 2.75) is 25.7 Å². The van der Waals surface area contributed by atoms with Crippen LogP contribution in [0, 0.1) is 22.0 Å². The number of carboxylic acids is 1. The topological polar surface area (TPSA) is 97.5 Å². The van der Waals surface area contributed by atoms with E-state index < -0.39 is 16.8 Å². The number of nitrogens with zero attached hydrogens (tertiary/aromatic N) is 1. The molecule has 1 aromatic carbocycles. The third kappa shape index (κ3) is 2.84. The highest BCUT2D eigenvalue weighted by Gasteiger charge is 2.35. The summed E-state index contributed by atoms with van der Waals surface area (Å²) in [6.07, 6.45) is 2.10. The second kappa shape index (κ2) is 5.81. The second-order valence-corrected chi connectivity index (χ2v) is 5.04. The van der Waals surface area contributed by atoms with Gasteiger partial charge in [-0.15, -0.1) is 0 Å². The lowest BCUT2D eigenvalue weighted by Crippen LogP contribution is -2.21. The van der Waals surface area contributed by atoms with Gasteiger partial charge in [-0.2, -0.15) is 0 Å². The molecular weight excluding hydrogens is 262 g/mol. The molecule has 2 rings (SSSR count). The van der Waals surface area contributed by atoms with Gasteiger partial charge in [0, 0.05) is 12.5 Å². The second-order valence-electron chi connectivity index (χ2n) is 5.04. The molecule has 1 aliphatic rings. The van der Waals surface area contributed by atoms with E-state index in [9.17, 15) is 19.7 Å². The predicted octanol–water partition coefficient (Wildman–Crippen LogP) is 2.67. The zero-order chi connectivity index (χ0) is 14.7. The molecule has 0 saturated heterocycles. The zero-order valence-corrected chi connectivity index (χ0v) is 10.8. The predicted molar refractivity (Wildman–Crippen MR) is 70.5 cm³/mol. The largest absolute Gasteiger partial charge is 0.481 e. The minimum atomic E-state index is -0.886. The van der Waals surface area contributed by atoms with E-state index in [2.05, 4.69) is 0 Å². The summed E-state index contributed by atoms with van der Waals surface area (Å²) in [5, 5.41) is 20.0. The molecule has 0 radical (unpaired) electrons. The van der Waals surface area contributed by atoms with E-state index in [0.717, 1.165) is 6.42 Å². The molecule has 6 heteroatoms. The Bertz CT molecular complexity index is 554. The Hall–Kier alpha value is -2.24. The highest BCUT2D eigenvalue weighted by Crippen LogP contribution is 2.35. The molecule has 2 unspecified atom stereocenters. The van der Waals surface area contributed by atoms with Gasteiger partial charge in [-0.3, -0.25) is 19.7 Å². The maximum atomic E-state index is 12.2. The molecular formula is C14H15NO5. The number of nitro benzene ring substituents is 1. The molecule has 1 saturated carbocycles. The molecule has 1 N–H and O–H groups in total. The van der Waals surface area contributed by atoms with Crippen molar-refractivity contribution < 1.29 is 19.6 Å². The molecule has 0 aromatic heterocycles. The van der Waals surface area contributed by atoms with E-state index in [-0.39, 0.29) is 29.4 Å². The minimum absolute atomic E-state index is 0.0574. The van der Waals surface area contributed by atoms with Crippen LogP contribution in [-0.4, -0.2) is 21.8 Å². The molecule has 1 fully saturated rings. The Morgan fingerprint density at radius 2 is 2.00 bits per heavy atom. The number of hydrogen-bond donors (Lipinski definition) is 1. The number of benzene rings is 1. The van der Waals surface area contributed by atoms with Crippen molar-refractivity contribution in [3.05, 3.63) is 39.9 Å². The number of aliphatic carboxylic acids is 1. The smallest absolute Gasteiger partial charge is 0.306 e. The third-order valence-corrected chi connectivity index (χ3v) is 3.83. The number of carboxylic acid groups (broad SMARTS) is 1. The van der Waals surface area contributed by atoms with Gasteiger partial charge in [0.1, 0.15) is 0 Å². The fourth-order valence-corrected chi connectivity index (χ4v) is 2.82. The van der Waals surface area contributed by atoms with Gasteiger partial charge in [-0.25, -0.2) is 0 Å². The summed E-state index contributed by atoms with van der Waals surface area (Å²) in [5.74, 6) is -1.97. The SMILES string of the molecule is O=C(CC1CCCC1C(=O)O)c1ccccc1[N+](=O)[O-]. The fourth-order valence-electron chi connectivity index (χ4n) is 2.82. The number of nitro groups is 1. The van der Waals surface area contributed by atoms with Gasteiger partial charge in [0.15, 0.2) is 5.78 Å². The first-order chi connectivity index (χ1) is 9.50. The summed E-state index contributed by atoms with van der Waals surface area (Å²) in [6.45, 7) is 0. The van der Waals surface area contributed by atoms with Crippen LogP contribution >= 0.6 is 0 Å². The van der Waals surface area contributed by atoms with Crippen LogP contribution in [0.1, 0.15) is 36.0 Å². The maximum absolute atomic E-state index is 12.2. The molecule has 0 heterocycles. The molecule has 106 valence electrons. The van der Waals surface area contributed by atoms with E-state index in [1.165, 1.54) is 18.2 Å². The van der Waals surface area contributed by atoms with E-state index in [4.69, 9.17) is 5.11 Å². The lowest BCUT2D eigenvalue weighted by atomic mass is 9.89. The monoisotopic (exact) mass is 277 g/mol. The Balaban J connectivity index is 2.17. The van der Waals surface area contributed by atoms with Crippen LogP contribution in [0.25, 0.3) is 0 Å². The number of rotatable bonds is 5. The average molecular weight is 277 g/mol. The first-order valence-electron chi connectivity index (χ1n) is 6.50. The summed E-state index contributed by atoms with van der Waals surface area (Å²) in [4.78, 5) is 33.6. The van der Waals surface area contributed by atoms with Gasteiger partial charge in [0.2, 0.25) is 0 Å². The summed E-state index contributed by atoms with van der Waals surface area (Å²) in [7, 11) is 0. The quantitative estimate of drug-likeness (QED) is 0.507. The fraction of sp³-hybridized carbons (Fsp3) is 0.429. The van der Waals surface area contributed by atoms with Crippen LogP contribution in [0.2, 0.25) is 0 Å². The normalized spacial score (nSPS) is 21.6. The highest BCUT2D eigenvalue weighted by atomic mass is 16.6. The van der Waals surface area contributed by atoms with Gasteiger partial charge in [0.25, 0.3) is 5.69 Å². The molecule has 0 bridgehead atoms. The molecule has 0 amide bonds. The van der Waals surface area contributed by atoms with Crippen molar-refractivity contribution in [1.82, 2.24) is 0 Å². The van der Waals surface area contributed by atoms with Crippen LogP contribution in [0.15, 0.2) is 24.3 Å². The van der Waals surface area contributed by atoms with Gasteiger partial charge >= 0.3 is 5.97 Å². The first-order valence-corrected chi connectivity index (χ1v) is 6.50. The van der Waals surface area contributed by atoms with Gasteiger partial charge in [0.05, 0.1) is 16.4 Å². The highest BCUT2D eigenvalue weighted by molar-refractivity contribution is 6.00. The van der Waals surface area contributed by atoms with Gasteiger partial charge < -0.3 is 5.11 Å². The molecule has 6 nitrogen and oxygen atoms in total. The third-order valence-electron chi connectivity index (χ3n) is 3.83. The molecule has 20 heavy (non-hydrogen) atoms. The van der Waals surface area contributed by atoms with Crippen molar-refractivity contribution in [2.75, 3.05) is 0 Å². The molecule has 2 atom stereocenters. The zero-order valence-electron chi connectivity index (χ0n) is 10.8. The Kier molecular flexibility index (Phi) is 4.12. The maximum Gasteiger partial charge on any atom is 0.306 e. The summed E-state index contributed by atoms with van der Waals surface area (Å²) in [6, 6.07) is 5.79. The lowest BCUT2D eigenvalue weighted by molar-refractivity contribution is -0.385. The Labute approximate surface area is 115 Å². The summed E-state index contributed by atoms with van der Waals surface area (Å²) < 4.78 is 0. The Morgan fingerprint density at radius 1 is 1.30 bits per heavy atom. The number of carbonyl (C=O) groups is 2. The van der Waals surface area contributed by atoms with Crippen molar-refractivity contribution in [3.8, 4) is 0 Å². The van der Waals surface area contributed by atoms with Crippen molar-refractivity contribution in [3.63, 3.8) is 0 Å². The van der Waals surface area contributed by atoms with Crippen LogP contribution in [-0.2, 0) is 4.79 Å². The number of carbonyl (C=O) groups excluding carboxylic acids is 1. The van der Waals surface area contributed by atoms with Gasteiger partial charge in [-0.05, 0) is 24.8 Å². The van der Waals surface area contributed by atoms with Gasteiger partial charge in [-0.1, -0.05) is 18.6 Å². The van der Waals surface area contributed by atoms with Crippen LogP contribution < -0.4 is 0 Å². The molecule has 0 spiro atoms. The number of Topliss-reactive ketones (excluding diaryl/α,β-unsaturated/α-hetero) is 1. The number of para-hydroxylation sites is 1. The van der Waals surface area contributed by atoms with Crippen LogP contribution in [0.5, 0.6) is 0 Å². The molecule has 0 aliphatic heterocycles. The van der Waals surface area contributed by atoms with E-state index in [0.29, 0.717) is 12.8 Å². The van der Waals surface area contributed by atoms with Crippen LogP contribution in [0.3, 0.4) is 0 Å². The lowest BCUT2D eigenvalue weighted by Gasteiger charge is -2.14.